The van der Waals surface area contributed by atoms with Crippen LogP contribution in [0.2, 0.25) is 0 Å². The summed E-state index contributed by atoms with van der Waals surface area (Å²) in [6, 6.07) is 7.87. The third-order valence-corrected chi connectivity index (χ3v) is 5.00. The van der Waals surface area contributed by atoms with Gasteiger partial charge in [0.1, 0.15) is 5.75 Å². The Kier molecular flexibility index (Phi) is 10.2. The van der Waals surface area contributed by atoms with E-state index in [2.05, 4.69) is 19.2 Å². The molecule has 0 aliphatic carbocycles. The van der Waals surface area contributed by atoms with Crippen LogP contribution in [-0.4, -0.2) is 49.5 Å². The Labute approximate surface area is 168 Å². The molecule has 1 heterocycles. The van der Waals surface area contributed by atoms with Crippen molar-refractivity contribution in [2.45, 2.75) is 39.0 Å². The second-order valence-corrected chi connectivity index (χ2v) is 6.89. The molecular formula is C20H32ClN3O3. The van der Waals surface area contributed by atoms with Crippen LogP contribution < -0.4 is 15.8 Å². The highest BCUT2D eigenvalue weighted by Gasteiger charge is 2.28. The number of piperidine rings is 1. The Bertz CT molecular complexity index is 612. The van der Waals surface area contributed by atoms with Gasteiger partial charge in [-0.15, -0.1) is 12.4 Å². The van der Waals surface area contributed by atoms with E-state index >= 15 is 0 Å². The highest BCUT2D eigenvalue weighted by atomic mass is 35.5. The number of carbonyl (C=O) groups is 2. The summed E-state index contributed by atoms with van der Waals surface area (Å²) in [7, 11) is 0. The average Bonchev–Trinajstić information content (AvgIpc) is 2.69. The number of nitrogens with two attached hydrogens (primary N) is 1. The molecule has 1 aromatic carbocycles. The van der Waals surface area contributed by atoms with Gasteiger partial charge in [0, 0.05) is 26.2 Å². The van der Waals surface area contributed by atoms with E-state index in [9.17, 15) is 9.59 Å². The number of nitrogens with one attached hydrogen (secondary N) is 1. The number of ether oxygens (including phenoxy) is 1. The Morgan fingerprint density at radius 1 is 1.37 bits per heavy atom. The zero-order valence-electron chi connectivity index (χ0n) is 16.3. The van der Waals surface area contributed by atoms with Crippen LogP contribution in [0.3, 0.4) is 0 Å². The zero-order valence-corrected chi connectivity index (χ0v) is 17.1. The molecule has 1 aliphatic heterocycles. The molecule has 0 saturated carbocycles. The van der Waals surface area contributed by atoms with E-state index in [1.54, 1.807) is 4.90 Å². The van der Waals surface area contributed by atoms with Crippen LogP contribution in [0.15, 0.2) is 24.3 Å². The average molecular weight is 398 g/mol. The summed E-state index contributed by atoms with van der Waals surface area (Å²) in [6.07, 6.45) is 2.65. The van der Waals surface area contributed by atoms with Crippen molar-refractivity contribution >= 4 is 24.2 Å². The van der Waals surface area contributed by atoms with Crippen LogP contribution in [0, 0.1) is 5.92 Å². The van der Waals surface area contributed by atoms with Crippen molar-refractivity contribution in [2.24, 2.45) is 11.7 Å². The lowest BCUT2D eigenvalue weighted by Gasteiger charge is -2.32. The Hall–Kier alpha value is -1.79. The summed E-state index contributed by atoms with van der Waals surface area (Å²) < 4.78 is 5.83. The third kappa shape index (κ3) is 6.70. The van der Waals surface area contributed by atoms with Gasteiger partial charge < -0.3 is 20.7 Å². The minimum atomic E-state index is -0.161. The Morgan fingerprint density at radius 2 is 2.11 bits per heavy atom. The summed E-state index contributed by atoms with van der Waals surface area (Å²) in [5, 5.41) is 2.81. The molecule has 0 radical (unpaired) electrons. The van der Waals surface area contributed by atoms with E-state index in [1.165, 1.54) is 0 Å². The minimum absolute atomic E-state index is 0. The molecule has 2 atom stereocenters. The van der Waals surface area contributed by atoms with Crippen molar-refractivity contribution in [1.29, 1.82) is 0 Å². The number of likely N-dealkylation sites (tertiary alicyclic amines) is 1. The van der Waals surface area contributed by atoms with E-state index in [-0.39, 0.29) is 36.7 Å². The molecule has 152 valence electrons. The van der Waals surface area contributed by atoms with Gasteiger partial charge in [-0.25, -0.2) is 0 Å². The standard InChI is InChI=1S/C20H31N3O3.ClH/c1-3-15(2)17-8-4-5-9-18(17)26-14-19(24)23-12-6-7-16(13-23)20(25)22-11-10-21;/h4-5,8-9,15-16H,3,6-7,10-14,21H2,1-2H3,(H,22,25);1H. The lowest BCUT2D eigenvalue weighted by atomic mass is 9.97. The summed E-state index contributed by atoms with van der Waals surface area (Å²) in [5.74, 6) is 0.902. The fourth-order valence-corrected chi connectivity index (χ4v) is 3.23. The van der Waals surface area contributed by atoms with Gasteiger partial charge in [-0.1, -0.05) is 32.0 Å². The number of hydrogen-bond acceptors (Lipinski definition) is 4. The molecular weight excluding hydrogens is 366 g/mol. The molecule has 6 nitrogen and oxygen atoms in total. The van der Waals surface area contributed by atoms with Gasteiger partial charge in [0.05, 0.1) is 5.92 Å². The maximum atomic E-state index is 12.6. The molecule has 1 aromatic rings. The summed E-state index contributed by atoms with van der Waals surface area (Å²) in [4.78, 5) is 26.4. The number of rotatable bonds is 8. The van der Waals surface area contributed by atoms with E-state index in [0.717, 1.165) is 30.6 Å². The fourth-order valence-electron chi connectivity index (χ4n) is 3.23. The lowest BCUT2D eigenvalue weighted by Crippen LogP contribution is -2.47. The first-order valence-electron chi connectivity index (χ1n) is 9.54. The predicted molar refractivity (Wildman–Crippen MR) is 109 cm³/mol. The summed E-state index contributed by atoms with van der Waals surface area (Å²) >= 11 is 0. The molecule has 3 N–H and O–H groups in total. The maximum Gasteiger partial charge on any atom is 0.260 e. The maximum absolute atomic E-state index is 12.6. The molecule has 2 rings (SSSR count). The number of para-hydroxylation sites is 1. The molecule has 0 spiro atoms. The molecule has 0 aromatic heterocycles. The summed E-state index contributed by atoms with van der Waals surface area (Å²) in [6.45, 7) is 6.31. The topological polar surface area (TPSA) is 84.7 Å². The molecule has 1 saturated heterocycles. The van der Waals surface area contributed by atoms with Crippen molar-refractivity contribution in [3.8, 4) is 5.75 Å². The van der Waals surface area contributed by atoms with Gasteiger partial charge in [0.2, 0.25) is 5.91 Å². The molecule has 2 amide bonds. The first-order chi connectivity index (χ1) is 12.6. The number of benzene rings is 1. The monoisotopic (exact) mass is 397 g/mol. The largest absolute Gasteiger partial charge is 0.483 e. The molecule has 1 aliphatic rings. The number of hydrogen-bond donors (Lipinski definition) is 2. The molecule has 0 bridgehead atoms. The normalized spacial score (nSPS) is 17.6. The van der Waals surface area contributed by atoms with Gasteiger partial charge in [-0.05, 0) is 36.8 Å². The minimum Gasteiger partial charge on any atom is -0.483 e. The number of carbonyl (C=O) groups excluding carboxylic acids is 2. The van der Waals surface area contributed by atoms with Crippen molar-refractivity contribution in [2.75, 3.05) is 32.8 Å². The highest BCUT2D eigenvalue weighted by Crippen LogP contribution is 2.28. The van der Waals surface area contributed by atoms with Gasteiger partial charge in [0.25, 0.3) is 5.91 Å². The van der Waals surface area contributed by atoms with Crippen molar-refractivity contribution in [3.05, 3.63) is 29.8 Å². The van der Waals surface area contributed by atoms with E-state index in [0.29, 0.717) is 32.1 Å². The molecule has 7 heteroatoms. The lowest BCUT2D eigenvalue weighted by molar-refractivity contribution is -0.137. The fraction of sp³-hybridized carbons (Fsp3) is 0.600. The highest BCUT2D eigenvalue weighted by molar-refractivity contribution is 5.85. The van der Waals surface area contributed by atoms with Crippen molar-refractivity contribution in [3.63, 3.8) is 0 Å². The van der Waals surface area contributed by atoms with Crippen LogP contribution in [0.5, 0.6) is 5.75 Å². The third-order valence-electron chi connectivity index (χ3n) is 5.00. The van der Waals surface area contributed by atoms with E-state index in [1.807, 2.05) is 24.3 Å². The Morgan fingerprint density at radius 3 is 2.81 bits per heavy atom. The van der Waals surface area contributed by atoms with Crippen LogP contribution in [-0.2, 0) is 9.59 Å². The quantitative estimate of drug-likeness (QED) is 0.704. The van der Waals surface area contributed by atoms with E-state index in [4.69, 9.17) is 10.5 Å². The second-order valence-electron chi connectivity index (χ2n) is 6.89. The second kappa shape index (κ2) is 11.8. The van der Waals surface area contributed by atoms with Crippen LogP contribution in [0.4, 0.5) is 0 Å². The van der Waals surface area contributed by atoms with Gasteiger partial charge >= 0.3 is 0 Å². The number of amides is 2. The van der Waals surface area contributed by atoms with E-state index < -0.39 is 0 Å². The molecule has 2 unspecified atom stereocenters. The van der Waals surface area contributed by atoms with Crippen LogP contribution in [0.1, 0.15) is 44.6 Å². The van der Waals surface area contributed by atoms with Crippen molar-refractivity contribution in [1.82, 2.24) is 10.2 Å². The predicted octanol–water partition coefficient (Wildman–Crippen LogP) is 2.31. The smallest absolute Gasteiger partial charge is 0.260 e. The number of nitrogens with zero attached hydrogens (tertiary/aromatic N) is 1. The van der Waals surface area contributed by atoms with Crippen molar-refractivity contribution < 1.29 is 14.3 Å². The van der Waals surface area contributed by atoms with Crippen LogP contribution in [0.25, 0.3) is 0 Å². The molecule has 27 heavy (non-hydrogen) atoms. The zero-order chi connectivity index (χ0) is 18.9. The van der Waals surface area contributed by atoms with Gasteiger partial charge in [0.15, 0.2) is 6.61 Å². The first-order valence-corrected chi connectivity index (χ1v) is 9.54. The van der Waals surface area contributed by atoms with Crippen LogP contribution >= 0.6 is 12.4 Å². The SMILES string of the molecule is CCC(C)c1ccccc1OCC(=O)N1CCCC(C(=O)NCCN)C1.Cl. The van der Waals surface area contributed by atoms with Gasteiger partial charge in [-0.3, -0.25) is 9.59 Å². The Balaban J connectivity index is 0.00000364. The molecule has 1 fully saturated rings. The van der Waals surface area contributed by atoms with Gasteiger partial charge in [-0.2, -0.15) is 0 Å². The first kappa shape index (κ1) is 23.2. The summed E-state index contributed by atoms with van der Waals surface area (Å²) in [5.41, 5.74) is 6.55. The number of halogens is 1.